The number of benzene rings is 2. The minimum absolute atomic E-state index is 0.0304. The van der Waals surface area contributed by atoms with E-state index in [1.54, 1.807) is 24.3 Å². The molecule has 0 saturated heterocycles. The third-order valence-corrected chi connectivity index (χ3v) is 3.28. The van der Waals surface area contributed by atoms with Gasteiger partial charge in [-0.1, -0.05) is 24.3 Å². The zero-order valence-corrected chi connectivity index (χ0v) is 12.0. The molecule has 0 aliphatic rings. The number of nitrogens with one attached hydrogen (secondary N) is 1. The largest absolute Gasteiger partial charge is 0.349 e. The minimum Gasteiger partial charge on any atom is -0.349 e. The van der Waals surface area contributed by atoms with Gasteiger partial charge in [0.15, 0.2) is 0 Å². The number of carbonyl (C=O) groups excluding carboxylic acids is 1. The Morgan fingerprint density at radius 1 is 1.10 bits per heavy atom. The van der Waals surface area contributed by atoms with Crippen LogP contribution in [0.1, 0.15) is 28.4 Å². The van der Waals surface area contributed by atoms with Crippen molar-refractivity contribution in [3.63, 3.8) is 0 Å². The van der Waals surface area contributed by atoms with Crippen LogP contribution < -0.4 is 11.1 Å². The highest BCUT2D eigenvalue weighted by atomic mass is 19.1. The number of rotatable bonds is 5. The van der Waals surface area contributed by atoms with Crippen molar-refractivity contribution < 1.29 is 9.18 Å². The molecule has 2 rings (SSSR count). The number of nitrogens with two attached hydrogens (primary N) is 1. The molecule has 0 aliphatic heterocycles. The molecule has 1 amide bonds. The van der Waals surface area contributed by atoms with E-state index in [1.165, 1.54) is 12.1 Å². The molecule has 1 atom stereocenters. The van der Waals surface area contributed by atoms with Gasteiger partial charge in [-0.15, -0.1) is 0 Å². The minimum atomic E-state index is -0.254. The third kappa shape index (κ3) is 4.39. The molecule has 3 nitrogen and oxygen atoms in total. The van der Waals surface area contributed by atoms with Gasteiger partial charge >= 0.3 is 0 Å². The van der Waals surface area contributed by atoms with Crippen molar-refractivity contribution in [3.8, 4) is 0 Å². The van der Waals surface area contributed by atoms with E-state index in [1.807, 2.05) is 19.1 Å². The second-order valence-corrected chi connectivity index (χ2v) is 5.11. The highest BCUT2D eigenvalue weighted by Gasteiger charge is 2.10. The van der Waals surface area contributed by atoms with Gasteiger partial charge in [0.1, 0.15) is 5.82 Å². The Labute approximate surface area is 124 Å². The average Bonchev–Trinajstić information content (AvgIpc) is 2.49. The maximum Gasteiger partial charge on any atom is 0.251 e. The Kier molecular flexibility index (Phi) is 5.06. The van der Waals surface area contributed by atoms with Crippen LogP contribution in [-0.2, 0) is 13.0 Å². The summed E-state index contributed by atoms with van der Waals surface area (Å²) in [6, 6.07) is 13.5. The molecule has 1 unspecified atom stereocenters. The first-order valence-electron chi connectivity index (χ1n) is 6.93. The molecule has 0 spiro atoms. The second-order valence-electron chi connectivity index (χ2n) is 5.11. The van der Waals surface area contributed by atoms with Crippen molar-refractivity contribution in [1.82, 2.24) is 5.32 Å². The molecule has 2 aromatic carbocycles. The predicted octanol–water partition coefficient (Wildman–Crippen LogP) is 2.65. The molecule has 4 heteroatoms. The number of hydrogen-bond donors (Lipinski definition) is 2. The van der Waals surface area contributed by atoms with Crippen LogP contribution in [0.25, 0.3) is 0 Å². The molecule has 3 N–H and O–H groups in total. The van der Waals surface area contributed by atoms with Crippen molar-refractivity contribution >= 4 is 5.91 Å². The van der Waals surface area contributed by atoms with Crippen LogP contribution in [0.4, 0.5) is 4.39 Å². The molecule has 0 aliphatic carbocycles. The van der Waals surface area contributed by atoms with E-state index in [0.29, 0.717) is 18.5 Å². The van der Waals surface area contributed by atoms with E-state index in [9.17, 15) is 9.18 Å². The van der Waals surface area contributed by atoms with Gasteiger partial charge in [0.2, 0.25) is 0 Å². The number of carbonyl (C=O) groups is 1. The number of hydrogen-bond acceptors (Lipinski definition) is 2. The zero-order valence-electron chi connectivity index (χ0n) is 12.0. The first-order valence-corrected chi connectivity index (χ1v) is 6.93. The topological polar surface area (TPSA) is 55.1 Å². The summed E-state index contributed by atoms with van der Waals surface area (Å²) in [4.78, 5) is 12.1. The predicted molar refractivity (Wildman–Crippen MR) is 81.4 cm³/mol. The highest BCUT2D eigenvalue weighted by Crippen LogP contribution is 2.07. The molecule has 2 aromatic rings. The van der Waals surface area contributed by atoms with Crippen LogP contribution in [0.3, 0.4) is 0 Å². The Balaban J connectivity index is 1.93. The smallest absolute Gasteiger partial charge is 0.251 e. The van der Waals surface area contributed by atoms with Crippen LogP contribution in [0, 0.1) is 5.82 Å². The average molecular weight is 286 g/mol. The van der Waals surface area contributed by atoms with E-state index in [4.69, 9.17) is 5.73 Å². The fourth-order valence-corrected chi connectivity index (χ4v) is 2.12. The van der Waals surface area contributed by atoms with Crippen molar-refractivity contribution in [2.75, 3.05) is 0 Å². The quantitative estimate of drug-likeness (QED) is 0.888. The summed E-state index contributed by atoms with van der Waals surface area (Å²) in [6.45, 7) is 2.39. The summed E-state index contributed by atoms with van der Waals surface area (Å²) in [7, 11) is 0. The van der Waals surface area contributed by atoms with E-state index < -0.39 is 0 Å². The first-order chi connectivity index (χ1) is 10.1. The van der Waals surface area contributed by atoms with Gasteiger partial charge in [-0.25, -0.2) is 4.39 Å². The van der Waals surface area contributed by atoms with Crippen molar-refractivity contribution in [1.29, 1.82) is 0 Å². The first kappa shape index (κ1) is 15.2. The highest BCUT2D eigenvalue weighted by molar-refractivity contribution is 5.94. The normalized spacial score (nSPS) is 12.0. The molecule has 21 heavy (non-hydrogen) atoms. The summed E-state index contributed by atoms with van der Waals surface area (Å²) in [6.07, 6.45) is 0.660. The molecular weight excluding hydrogens is 267 g/mol. The SMILES string of the molecule is CC(Cc1ccc(F)cc1)NC(=O)c1ccc(CN)cc1. The fourth-order valence-electron chi connectivity index (χ4n) is 2.12. The van der Waals surface area contributed by atoms with Gasteiger partial charge in [-0.3, -0.25) is 4.79 Å². The van der Waals surface area contributed by atoms with Crippen LogP contribution in [-0.4, -0.2) is 11.9 Å². The van der Waals surface area contributed by atoms with Gasteiger partial charge in [0, 0.05) is 18.2 Å². The standard InChI is InChI=1S/C17H19FN2O/c1-12(10-13-4-8-16(18)9-5-13)20-17(21)15-6-2-14(11-19)3-7-15/h2-9,12H,10-11,19H2,1H3,(H,20,21). The molecule has 0 aromatic heterocycles. The van der Waals surface area contributed by atoms with Gasteiger partial charge in [-0.05, 0) is 48.7 Å². The van der Waals surface area contributed by atoms with Crippen LogP contribution in [0.2, 0.25) is 0 Å². The van der Waals surface area contributed by atoms with E-state index in [0.717, 1.165) is 11.1 Å². The molecule has 0 bridgehead atoms. The lowest BCUT2D eigenvalue weighted by molar-refractivity contribution is 0.0940. The summed E-state index contributed by atoms with van der Waals surface area (Å²) in [5.41, 5.74) is 8.12. The lowest BCUT2D eigenvalue weighted by atomic mass is 10.1. The van der Waals surface area contributed by atoms with Crippen molar-refractivity contribution in [2.24, 2.45) is 5.73 Å². The van der Waals surface area contributed by atoms with E-state index >= 15 is 0 Å². The maximum atomic E-state index is 12.8. The van der Waals surface area contributed by atoms with Gasteiger partial charge in [0.25, 0.3) is 5.91 Å². The van der Waals surface area contributed by atoms with Crippen molar-refractivity contribution in [3.05, 3.63) is 71.0 Å². The Hall–Kier alpha value is -2.20. The Morgan fingerprint density at radius 2 is 1.67 bits per heavy atom. The Bertz CT molecular complexity index is 593. The Morgan fingerprint density at radius 3 is 2.24 bits per heavy atom. The summed E-state index contributed by atoms with van der Waals surface area (Å²) in [5, 5.41) is 2.93. The second kappa shape index (κ2) is 6.99. The van der Waals surface area contributed by atoms with E-state index in [-0.39, 0.29) is 17.8 Å². The fraction of sp³-hybridized carbons (Fsp3) is 0.235. The monoisotopic (exact) mass is 286 g/mol. The van der Waals surface area contributed by atoms with Crippen LogP contribution >= 0.6 is 0 Å². The summed E-state index contributed by atoms with van der Waals surface area (Å²) in [5.74, 6) is -0.372. The zero-order chi connectivity index (χ0) is 15.2. The van der Waals surface area contributed by atoms with Crippen LogP contribution in [0.5, 0.6) is 0 Å². The third-order valence-electron chi connectivity index (χ3n) is 3.28. The van der Waals surface area contributed by atoms with Crippen LogP contribution in [0.15, 0.2) is 48.5 Å². The lowest BCUT2D eigenvalue weighted by Crippen LogP contribution is -2.34. The molecular formula is C17H19FN2O. The molecule has 0 saturated carbocycles. The number of amides is 1. The molecule has 0 fully saturated rings. The van der Waals surface area contributed by atoms with Gasteiger partial charge < -0.3 is 11.1 Å². The number of halogens is 1. The summed E-state index contributed by atoms with van der Waals surface area (Å²) < 4.78 is 12.8. The maximum absolute atomic E-state index is 12.8. The van der Waals surface area contributed by atoms with E-state index in [2.05, 4.69) is 5.32 Å². The molecule has 0 heterocycles. The lowest BCUT2D eigenvalue weighted by Gasteiger charge is -2.14. The van der Waals surface area contributed by atoms with Gasteiger partial charge in [-0.2, -0.15) is 0 Å². The molecule has 110 valence electrons. The van der Waals surface area contributed by atoms with Crippen molar-refractivity contribution in [2.45, 2.75) is 25.9 Å². The molecule has 0 radical (unpaired) electrons. The van der Waals surface area contributed by atoms with Gasteiger partial charge in [0.05, 0.1) is 0 Å². The summed E-state index contributed by atoms with van der Waals surface area (Å²) >= 11 is 0.